The number of methoxy groups -OCH3 is 1. The SMILES string of the molecule is CCCCCOc1ccc(C2C(C(=O)C=Cc3ccccc3)=C(O)C(=O)N2CCCN(C)C)cc1OC. The first-order valence-corrected chi connectivity index (χ1v) is 12.8. The van der Waals surface area contributed by atoms with Crippen LogP contribution in [0.2, 0.25) is 0 Å². The van der Waals surface area contributed by atoms with Gasteiger partial charge in [-0.1, -0.05) is 62.2 Å². The third kappa shape index (κ3) is 7.23. The topological polar surface area (TPSA) is 79.3 Å². The first-order chi connectivity index (χ1) is 17.9. The van der Waals surface area contributed by atoms with E-state index in [2.05, 4.69) is 6.92 Å². The minimum absolute atomic E-state index is 0.0701. The lowest BCUT2D eigenvalue weighted by molar-refractivity contribution is -0.129. The highest BCUT2D eigenvalue weighted by Gasteiger charge is 2.42. The van der Waals surface area contributed by atoms with Gasteiger partial charge in [-0.25, -0.2) is 0 Å². The Bertz CT molecular complexity index is 1120. The summed E-state index contributed by atoms with van der Waals surface area (Å²) in [6, 6.07) is 14.1. The Hall–Kier alpha value is -3.58. The molecule has 1 atom stereocenters. The van der Waals surface area contributed by atoms with Crippen LogP contribution >= 0.6 is 0 Å². The molecule has 1 N–H and O–H groups in total. The van der Waals surface area contributed by atoms with Crippen molar-refractivity contribution in [2.75, 3.05) is 40.9 Å². The fourth-order valence-corrected chi connectivity index (χ4v) is 4.37. The summed E-state index contributed by atoms with van der Waals surface area (Å²) in [5.74, 6) is -0.326. The standard InChI is InChI=1S/C30H38N2O5/c1-5-6-10-20-37-25-17-15-23(21-26(25)36-4)28-27(24(33)16-14-22-12-8-7-9-13-22)29(34)30(35)32(28)19-11-18-31(2)3/h7-9,12-17,21,28,34H,5-6,10-11,18-20H2,1-4H3. The maximum Gasteiger partial charge on any atom is 0.290 e. The maximum atomic E-state index is 13.4. The molecular formula is C30H38N2O5. The molecule has 7 nitrogen and oxygen atoms in total. The molecule has 0 fully saturated rings. The molecular weight excluding hydrogens is 468 g/mol. The predicted octanol–water partition coefficient (Wildman–Crippen LogP) is 5.19. The average Bonchev–Trinajstić information content (AvgIpc) is 3.15. The molecule has 1 heterocycles. The smallest absolute Gasteiger partial charge is 0.290 e. The molecule has 3 rings (SSSR count). The van der Waals surface area contributed by atoms with E-state index >= 15 is 0 Å². The van der Waals surface area contributed by atoms with Gasteiger partial charge in [-0.2, -0.15) is 0 Å². The van der Waals surface area contributed by atoms with Crippen molar-refractivity contribution in [3.63, 3.8) is 0 Å². The molecule has 0 radical (unpaired) electrons. The quantitative estimate of drug-likeness (QED) is 0.281. The number of benzene rings is 2. The van der Waals surface area contributed by atoms with Crippen LogP contribution in [0.3, 0.4) is 0 Å². The zero-order valence-corrected chi connectivity index (χ0v) is 22.3. The molecule has 0 saturated carbocycles. The van der Waals surface area contributed by atoms with Crippen molar-refractivity contribution >= 4 is 17.8 Å². The number of nitrogens with zero attached hydrogens (tertiary/aromatic N) is 2. The van der Waals surface area contributed by atoms with Crippen LogP contribution < -0.4 is 9.47 Å². The molecule has 0 aliphatic carbocycles. The number of hydrogen-bond acceptors (Lipinski definition) is 6. The van der Waals surface area contributed by atoms with Crippen LogP contribution in [0, 0.1) is 0 Å². The maximum absolute atomic E-state index is 13.4. The highest BCUT2D eigenvalue weighted by Crippen LogP contribution is 2.41. The van der Waals surface area contributed by atoms with Crippen LogP contribution in [-0.2, 0) is 9.59 Å². The fraction of sp³-hybridized carbons (Fsp3) is 0.400. The van der Waals surface area contributed by atoms with Gasteiger partial charge in [-0.3, -0.25) is 9.59 Å². The van der Waals surface area contributed by atoms with E-state index in [1.165, 1.54) is 6.08 Å². The van der Waals surface area contributed by atoms with Gasteiger partial charge in [0, 0.05) is 6.54 Å². The molecule has 2 aromatic rings. The summed E-state index contributed by atoms with van der Waals surface area (Å²) in [7, 11) is 5.49. The third-order valence-corrected chi connectivity index (χ3v) is 6.31. The van der Waals surface area contributed by atoms with E-state index in [-0.39, 0.29) is 5.57 Å². The van der Waals surface area contributed by atoms with Gasteiger partial charge >= 0.3 is 0 Å². The molecule has 0 saturated heterocycles. The van der Waals surface area contributed by atoms with Gasteiger partial charge in [0.15, 0.2) is 23.0 Å². The van der Waals surface area contributed by atoms with Crippen molar-refractivity contribution in [2.24, 2.45) is 0 Å². The predicted molar refractivity (Wildman–Crippen MR) is 146 cm³/mol. The number of allylic oxidation sites excluding steroid dienone is 1. The highest BCUT2D eigenvalue weighted by molar-refractivity contribution is 6.14. The number of carbonyl (C=O) groups excluding carboxylic acids is 2. The first-order valence-electron chi connectivity index (χ1n) is 12.8. The summed E-state index contributed by atoms with van der Waals surface area (Å²) >= 11 is 0. The monoisotopic (exact) mass is 506 g/mol. The molecule has 7 heteroatoms. The molecule has 1 amide bonds. The van der Waals surface area contributed by atoms with Gasteiger partial charge in [0.2, 0.25) is 0 Å². The van der Waals surface area contributed by atoms with Crippen molar-refractivity contribution in [3.8, 4) is 11.5 Å². The summed E-state index contributed by atoms with van der Waals surface area (Å²) in [5.41, 5.74) is 1.60. The highest BCUT2D eigenvalue weighted by atomic mass is 16.5. The van der Waals surface area contributed by atoms with Gasteiger partial charge < -0.3 is 24.4 Å². The number of rotatable bonds is 14. The van der Waals surface area contributed by atoms with Gasteiger partial charge in [0.1, 0.15) is 0 Å². The zero-order valence-electron chi connectivity index (χ0n) is 22.3. The Morgan fingerprint density at radius 1 is 1.08 bits per heavy atom. The zero-order chi connectivity index (χ0) is 26.8. The van der Waals surface area contributed by atoms with Gasteiger partial charge in [0.25, 0.3) is 5.91 Å². The van der Waals surface area contributed by atoms with Crippen LogP contribution in [0.15, 0.2) is 65.9 Å². The van der Waals surface area contributed by atoms with Gasteiger partial charge in [-0.05, 0) is 62.8 Å². The van der Waals surface area contributed by atoms with Crippen molar-refractivity contribution in [2.45, 2.75) is 38.6 Å². The third-order valence-electron chi connectivity index (χ3n) is 6.31. The van der Waals surface area contributed by atoms with Crippen LogP contribution in [0.5, 0.6) is 11.5 Å². The van der Waals surface area contributed by atoms with Crippen LogP contribution in [0.1, 0.15) is 49.8 Å². The Labute approximate surface area is 220 Å². The minimum Gasteiger partial charge on any atom is -0.503 e. The molecule has 2 aromatic carbocycles. The Morgan fingerprint density at radius 3 is 2.51 bits per heavy atom. The number of unbranched alkanes of at least 4 members (excludes halogenated alkanes) is 2. The van der Waals surface area contributed by atoms with E-state index in [0.29, 0.717) is 36.6 Å². The summed E-state index contributed by atoms with van der Waals surface area (Å²) in [6.07, 6.45) is 6.92. The molecule has 0 bridgehead atoms. The number of aliphatic hydroxyl groups excluding tert-OH is 1. The normalized spacial score (nSPS) is 15.8. The molecule has 0 aromatic heterocycles. The lowest BCUT2D eigenvalue weighted by atomic mass is 9.95. The number of hydrogen-bond donors (Lipinski definition) is 1. The molecule has 0 spiro atoms. The van der Waals surface area contributed by atoms with Gasteiger partial charge in [0.05, 0.1) is 25.3 Å². The number of carbonyl (C=O) groups is 2. The second kappa shape index (κ2) is 13.7. The van der Waals surface area contributed by atoms with Crippen molar-refractivity contribution in [1.29, 1.82) is 0 Å². The second-order valence-corrected chi connectivity index (χ2v) is 9.39. The average molecular weight is 507 g/mol. The number of ether oxygens (including phenoxy) is 2. The number of aliphatic hydroxyl groups is 1. The summed E-state index contributed by atoms with van der Waals surface area (Å²) in [6.45, 7) is 3.88. The summed E-state index contributed by atoms with van der Waals surface area (Å²) in [4.78, 5) is 30.1. The Balaban J connectivity index is 1.94. The molecule has 1 unspecified atom stereocenters. The largest absolute Gasteiger partial charge is 0.503 e. The van der Waals surface area contributed by atoms with E-state index in [1.54, 1.807) is 30.2 Å². The Kier molecular flexibility index (Phi) is 10.3. The number of ketones is 1. The van der Waals surface area contributed by atoms with E-state index in [4.69, 9.17) is 9.47 Å². The fourth-order valence-electron chi connectivity index (χ4n) is 4.37. The molecule has 1 aliphatic heterocycles. The van der Waals surface area contributed by atoms with E-state index in [1.807, 2.05) is 55.4 Å². The van der Waals surface area contributed by atoms with Crippen LogP contribution in [0.25, 0.3) is 6.08 Å². The second-order valence-electron chi connectivity index (χ2n) is 9.39. The van der Waals surface area contributed by atoms with E-state index in [0.717, 1.165) is 31.4 Å². The summed E-state index contributed by atoms with van der Waals surface area (Å²) in [5, 5.41) is 10.9. The molecule has 37 heavy (non-hydrogen) atoms. The molecule has 198 valence electrons. The first kappa shape index (κ1) is 28.0. The lowest BCUT2D eigenvalue weighted by Gasteiger charge is -2.27. The van der Waals surface area contributed by atoms with E-state index in [9.17, 15) is 14.7 Å². The van der Waals surface area contributed by atoms with E-state index < -0.39 is 23.5 Å². The van der Waals surface area contributed by atoms with Crippen LogP contribution in [-0.4, -0.2) is 67.5 Å². The van der Waals surface area contributed by atoms with Crippen LogP contribution in [0.4, 0.5) is 0 Å². The van der Waals surface area contributed by atoms with Crippen molar-refractivity contribution in [1.82, 2.24) is 9.80 Å². The van der Waals surface area contributed by atoms with Gasteiger partial charge in [-0.15, -0.1) is 0 Å². The molecule has 1 aliphatic rings. The van der Waals surface area contributed by atoms with Crippen molar-refractivity contribution < 1.29 is 24.2 Å². The number of amides is 1. The Morgan fingerprint density at radius 2 is 1.84 bits per heavy atom. The summed E-state index contributed by atoms with van der Waals surface area (Å²) < 4.78 is 11.5. The van der Waals surface area contributed by atoms with Crippen molar-refractivity contribution in [3.05, 3.63) is 77.1 Å². The lowest BCUT2D eigenvalue weighted by Crippen LogP contribution is -2.33. The minimum atomic E-state index is -0.731.